The molecule has 16 heavy (non-hydrogen) atoms. The number of Topliss-reactive ketones (excluding diaryl/α,β-unsaturated/α-hetero) is 1. The molecule has 3 aliphatic carbocycles. The third kappa shape index (κ3) is 1.81. The Morgan fingerprint density at radius 2 is 2.12 bits per heavy atom. The highest BCUT2D eigenvalue weighted by Crippen LogP contribution is 2.54. The number of carbonyl (C=O) groups is 1. The van der Waals surface area contributed by atoms with Gasteiger partial charge in [-0.15, -0.1) is 0 Å². The van der Waals surface area contributed by atoms with Crippen LogP contribution in [0.1, 0.15) is 51.9 Å². The molecule has 0 radical (unpaired) electrons. The molecule has 3 rings (SSSR count). The molecule has 0 spiro atoms. The van der Waals surface area contributed by atoms with E-state index in [4.69, 9.17) is 0 Å². The molecule has 3 bridgehead atoms. The lowest BCUT2D eigenvalue weighted by atomic mass is 9.73. The maximum absolute atomic E-state index is 11.2. The summed E-state index contributed by atoms with van der Waals surface area (Å²) in [6.45, 7) is 2.28. The lowest BCUT2D eigenvalue weighted by molar-refractivity contribution is -0.116. The van der Waals surface area contributed by atoms with Gasteiger partial charge in [0.1, 0.15) is 5.78 Å². The number of hydrogen-bond acceptors (Lipinski definition) is 2. The lowest BCUT2D eigenvalue weighted by Crippen LogP contribution is -2.50. The number of fused-ring (bicyclic) bond motifs is 2. The molecule has 0 aromatic rings. The molecule has 3 aliphatic rings. The van der Waals surface area contributed by atoms with E-state index in [0.29, 0.717) is 12.1 Å². The van der Waals surface area contributed by atoms with Crippen LogP contribution in [0.5, 0.6) is 0 Å². The van der Waals surface area contributed by atoms with Crippen LogP contribution in [0, 0.1) is 17.8 Å². The van der Waals surface area contributed by atoms with Gasteiger partial charge in [0, 0.05) is 5.54 Å². The minimum absolute atomic E-state index is 0.285. The zero-order chi connectivity index (χ0) is 11.2. The van der Waals surface area contributed by atoms with Crippen molar-refractivity contribution < 1.29 is 4.79 Å². The first kappa shape index (κ1) is 10.8. The molecule has 0 saturated heterocycles. The maximum atomic E-state index is 11.2. The highest BCUT2D eigenvalue weighted by Gasteiger charge is 2.49. The van der Waals surface area contributed by atoms with E-state index in [1.54, 1.807) is 6.92 Å². The summed E-state index contributed by atoms with van der Waals surface area (Å²) >= 11 is 0. The van der Waals surface area contributed by atoms with E-state index < -0.39 is 0 Å². The third-order valence-corrected chi connectivity index (χ3v) is 5.21. The van der Waals surface area contributed by atoms with Crippen molar-refractivity contribution in [1.82, 2.24) is 5.32 Å². The van der Waals surface area contributed by atoms with Crippen LogP contribution in [0.4, 0.5) is 0 Å². The van der Waals surface area contributed by atoms with Crippen molar-refractivity contribution >= 4 is 5.78 Å². The van der Waals surface area contributed by atoms with Crippen molar-refractivity contribution in [3.63, 3.8) is 0 Å². The van der Waals surface area contributed by atoms with Crippen LogP contribution >= 0.6 is 0 Å². The molecule has 0 aromatic carbocycles. The van der Waals surface area contributed by atoms with Crippen molar-refractivity contribution in [3.8, 4) is 0 Å². The summed E-state index contributed by atoms with van der Waals surface area (Å²) in [6, 6.07) is 0. The Balaban J connectivity index is 1.76. The first-order chi connectivity index (χ1) is 7.67. The molecule has 1 N–H and O–H groups in total. The Labute approximate surface area is 98.2 Å². The van der Waals surface area contributed by atoms with Crippen LogP contribution in [0.15, 0.2) is 0 Å². The topological polar surface area (TPSA) is 29.1 Å². The van der Waals surface area contributed by atoms with E-state index in [2.05, 4.69) is 5.32 Å². The number of rotatable bonds is 3. The molecule has 0 amide bonds. The standard InChI is InChI=1S/C14H23NO/c1-10(16)9-15-14-4-2-3-12-5-11(7-14)6-13(12)8-14/h11-13,15H,2-9H2,1H3. The number of hydrogen-bond donors (Lipinski definition) is 1. The van der Waals surface area contributed by atoms with Gasteiger partial charge in [-0.05, 0) is 56.8 Å². The SMILES string of the molecule is CC(=O)CNC12CCCC3CC(CC3C1)C2. The van der Waals surface area contributed by atoms with Gasteiger partial charge < -0.3 is 5.32 Å². The van der Waals surface area contributed by atoms with Crippen molar-refractivity contribution in [2.45, 2.75) is 57.4 Å². The van der Waals surface area contributed by atoms with E-state index >= 15 is 0 Å². The van der Waals surface area contributed by atoms with Gasteiger partial charge in [0.15, 0.2) is 0 Å². The van der Waals surface area contributed by atoms with Gasteiger partial charge in [-0.1, -0.05) is 12.8 Å². The number of carbonyl (C=O) groups excluding carboxylic acids is 1. The molecule has 4 unspecified atom stereocenters. The quantitative estimate of drug-likeness (QED) is 0.793. The third-order valence-electron chi connectivity index (χ3n) is 5.21. The first-order valence-electron chi connectivity index (χ1n) is 6.91. The second-order valence-corrected chi connectivity index (χ2v) is 6.49. The molecular formula is C14H23NO. The molecule has 2 heteroatoms. The van der Waals surface area contributed by atoms with Gasteiger partial charge in [-0.25, -0.2) is 0 Å². The molecule has 3 fully saturated rings. The minimum Gasteiger partial charge on any atom is -0.304 e. The first-order valence-corrected chi connectivity index (χ1v) is 6.91. The monoisotopic (exact) mass is 221 g/mol. The summed E-state index contributed by atoms with van der Waals surface area (Å²) in [4.78, 5) is 11.2. The van der Waals surface area contributed by atoms with Crippen molar-refractivity contribution in [2.24, 2.45) is 17.8 Å². The van der Waals surface area contributed by atoms with Gasteiger partial charge in [0.2, 0.25) is 0 Å². The predicted molar refractivity (Wildman–Crippen MR) is 64.2 cm³/mol. The second-order valence-electron chi connectivity index (χ2n) is 6.49. The van der Waals surface area contributed by atoms with Gasteiger partial charge >= 0.3 is 0 Å². The van der Waals surface area contributed by atoms with Gasteiger partial charge in [-0.3, -0.25) is 4.79 Å². The van der Waals surface area contributed by atoms with Gasteiger partial charge in [0.05, 0.1) is 6.54 Å². The average molecular weight is 221 g/mol. The average Bonchev–Trinajstić information content (AvgIpc) is 2.44. The Morgan fingerprint density at radius 1 is 1.31 bits per heavy atom. The zero-order valence-electron chi connectivity index (χ0n) is 10.3. The molecule has 2 nitrogen and oxygen atoms in total. The largest absolute Gasteiger partial charge is 0.304 e. The van der Waals surface area contributed by atoms with E-state index in [9.17, 15) is 4.79 Å². The molecule has 0 aliphatic heterocycles. The van der Waals surface area contributed by atoms with Crippen LogP contribution in [0.2, 0.25) is 0 Å². The number of nitrogens with one attached hydrogen (secondary N) is 1. The Morgan fingerprint density at radius 3 is 2.94 bits per heavy atom. The Bertz CT molecular complexity index is 301. The van der Waals surface area contributed by atoms with Crippen LogP contribution in [-0.4, -0.2) is 17.9 Å². The fourth-order valence-corrected chi connectivity index (χ4v) is 4.70. The van der Waals surface area contributed by atoms with Crippen molar-refractivity contribution in [3.05, 3.63) is 0 Å². The van der Waals surface area contributed by atoms with E-state index in [1.165, 1.54) is 44.9 Å². The smallest absolute Gasteiger partial charge is 0.143 e. The summed E-state index contributed by atoms with van der Waals surface area (Å²) in [5.74, 6) is 3.24. The summed E-state index contributed by atoms with van der Waals surface area (Å²) in [6.07, 6.45) is 9.78. The lowest BCUT2D eigenvalue weighted by Gasteiger charge is -2.41. The zero-order valence-corrected chi connectivity index (χ0v) is 10.3. The molecular weight excluding hydrogens is 198 g/mol. The normalized spacial score (nSPS) is 45.7. The van der Waals surface area contributed by atoms with Crippen molar-refractivity contribution in [1.29, 1.82) is 0 Å². The van der Waals surface area contributed by atoms with Crippen LogP contribution in [0.3, 0.4) is 0 Å². The summed E-state index contributed by atoms with van der Waals surface area (Å²) in [5.41, 5.74) is 0.338. The predicted octanol–water partition coefficient (Wildman–Crippen LogP) is 2.52. The fourth-order valence-electron chi connectivity index (χ4n) is 4.70. The van der Waals surface area contributed by atoms with Gasteiger partial charge in [0.25, 0.3) is 0 Å². The molecule has 4 atom stereocenters. The van der Waals surface area contributed by atoms with Crippen LogP contribution in [0.25, 0.3) is 0 Å². The Kier molecular flexibility index (Phi) is 2.58. The van der Waals surface area contributed by atoms with Crippen molar-refractivity contribution in [2.75, 3.05) is 6.54 Å². The summed E-state index contributed by atoms with van der Waals surface area (Å²) < 4.78 is 0. The summed E-state index contributed by atoms with van der Waals surface area (Å²) in [5, 5.41) is 3.61. The second kappa shape index (κ2) is 3.83. The van der Waals surface area contributed by atoms with E-state index in [0.717, 1.165) is 17.8 Å². The molecule has 0 heterocycles. The minimum atomic E-state index is 0.285. The Hall–Kier alpha value is -0.370. The van der Waals surface area contributed by atoms with E-state index in [-0.39, 0.29) is 5.78 Å². The fraction of sp³-hybridized carbons (Fsp3) is 0.929. The molecule has 0 aromatic heterocycles. The van der Waals surface area contributed by atoms with Gasteiger partial charge in [-0.2, -0.15) is 0 Å². The highest BCUT2D eigenvalue weighted by molar-refractivity contribution is 5.77. The number of ketones is 1. The van der Waals surface area contributed by atoms with E-state index in [1.807, 2.05) is 0 Å². The van der Waals surface area contributed by atoms with Crippen LogP contribution in [-0.2, 0) is 4.79 Å². The molecule has 90 valence electrons. The summed E-state index contributed by atoms with van der Waals surface area (Å²) in [7, 11) is 0. The van der Waals surface area contributed by atoms with Crippen LogP contribution < -0.4 is 5.32 Å². The maximum Gasteiger partial charge on any atom is 0.143 e. The molecule has 3 saturated carbocycles. The highest BCUT2D eigenvalue weighted by atomic mass is 16.1.